The summed E-state index contributed by atoms with van der Waals surface area (Å²) in [5, 5.41) is 11.5. The van der Waals surface area contributed by atoms with Crippen LogP contribution in [0.2, 0.25) is 0 Å². The highest BCUT2D eigenvalue weighted by Crippen LogP contribution is 2.63. The zero-order valence-electron chi connectivity index (χ0n) is 15.6. The molecule has 4 aliphatic carbocycles. The van der Waals surface area contributed by atoms with Gasteiger partial charge in [-0.25, -0.2) is 0 Å². The van der Waals surface area contributed by atoms with Crippen LogP contribution < -0.4 is 0 Å². The van der Waals surface area contributed by atoms with Gasteiger partial charge in [0.05, 0.1) is 19.1 Å². The van der Waals surface area contributed by atoms with Crippen molar-refractivity contribution in [3.8, 4) is 0 Å². The van der Waals surface area contributed by atoms with Crippen molar-refractivity contribution in [2.45, 2.75) is 52.4 Å². The first-order chi connectivity index (χ1) is 12.4. The molecular weight excluding hydrogens is 338 g/mol. The van der Waals surface area contributed by atoms with E-state index < -0.39 is 23.8 Å². The van der Waals surface area contributed by atoms with Crippen LogP contribution >= 0.6 is 0 Å². The molecule has 4 fully saturated rings. The average molecular weight is 367 g/mol. The van der Waals surface area contributed by atoms with E-state index in [1.54, 1.807) is 13.8 Å². The fraction of sp³-hybridized carbons (Fsp3) is 0.895. The molecule has 146 valence electrons. The number of esters is 2. The Labute approximate surface area is 153 Å². The minimum absolute atomic E-state index is 0.140. The summed E-state index contributed by atoms with van der Waals surface area (Å²) < 4.78 is 10.3. The topological polar surface area (TPSA) is 95.7 Å². The molecular formula is C19H29NO6. The zero-order valence-corrected chi connectivity index (χ0v) is 15.6. The van der Waals surface area contributed by atoms with Gasteiger partial charge in [-0.15, -0.1) is 0 Å². The summed E-state index contributed by atoms with van der Waals surface area (Å²) >= 11 is 0. The Hall–Kier alpha value is -1.66. The SMILES string of the molecule is CCOC(=O)C(C(=O)OCC)[C@H](C[N+](=O)[O-])C12CC3CC(CC(C3)C1)C2. The summed E-state index contributed by atoms with van der Waals surface area (Å²) in [6, 6.07) is 0. The smallest absolute Gasteiger partial charge is 0.320 e. The maximum absolute atomic E-state index is 12.6. The molecule has 0 heterocycles. The van der Waals surface area contributed by atoms with Crippen LogP contribution in [0.1, 0.15) is 52.4 Å². The van der Waals surface area contributed by atoms with Crippen molar-refractivity contribution in [3.63, 3.8) is 0 Å². The molecule has 0 saturated heterocycles. The predicted octanol–water partition coefficient (Wildman–Crippen LogP) is 2.84. The second-order valence-corrected chi connectivity index (χ2v) is 8.38. The number of ether oxygens (including phenoxy) is 2. The molecule has 0 aromatic rings. The highest BCUT2D eigenvalue weighted by atomic mass is 16.6. The van der Waals surface area contributed by atoms with Gasteiger partial charge < -0.3 is 9.47 Å². The van der Waals surface area contributed by atoms with Gasteiger partial charge in [-0.05, 0) is 75.5 Å². The third kappa shape index (κ3) is 3.58. The molecule has 4 aliphatic rings. The molecule has 4 bridgehead atoms. The van der Waals surface area contributed by atoms with Gasteiger partial charge in [-0.2, -0.15) is 0 Å². The van der Waals surface area contributed by atoms with E-state index in [1.165, 1.54) is 19.3 Å². The Morgan fingerprint density at radius 2 is 1.42 bits per heavy atom. The molecule has 4 rings (SSSR count). The molecule has 7 heteroatoms. The van der Waals surface area contributed by atoms with Crippen LogP contribution in [-0.2, 0) is 19.1 Å². The minimum atomic E-state index is -1.20. The highest BCUT2D eigenvalue weighted by molar-refractivity contribution is 5.95. The van der Waals surface area contributed by atoms with Crippen molar-refractivity contribution in [2.24, 2.45) is 35.0 Å². The van der Waals surface area contributed by atoms with Gasteiger partial charge in [0.2, 0.25) is 6.54 Å². The fourth-order valence-corrected chi connectivity index (χ4v) is 6.33. The van der Waals surface area contributed by atoms with Crippen molar-refractivity contribution < 1.29 is 24.0 Å². The Morgan fingerprint density at radius 1 is 1.00 bits per heavy atom. The van der Waals surface area contributed by atoms with Crippen LogP contribution in [-0.4, -0.2) is 36.6 Å². The number of nitrogens with zero attached hydrogens (tertiary/aromatic N) is 1. The third-order valence-corrected chi connectivity index (χ3v) is 6.70. The molecule has 0 aliphatic heterocycles. The summed E-state index contributed by atoms with van der Waals surface area (Å²) in [5.41, 5.74) is -0.313. The molecule has 1 atom stereocenters. The van der Waals surface area contributed by atoms with Crippen molar-refractivity contribution in [3.05, 3.63) is 10.1 Å². The number of hydrogen-bond donors (Lipinski definition) is 0. The van der Waals surface area contributed by atoms with E-state index in [1.807, 2.05) is 0 Å². The lowest BCUT2D eigenvalue weighted by atomic mass is 9.45. The average Bonchev–Trinajstić information content (AvgIpc) is 2.53. The van der Waals surface area contributed by atoms with Gasteiger partial charge in [0.1, 0.15) is 0 Å². The minimum Gasteiger partial charge on any atom is -0.465 e. The molecule has 0 radical (unpaired) electrons. The second kappa shape index (κ2) is 7.53. The Balaban J connectivity index is 1.95. The van der Waals surface area contributed by atoms with Crippen molar-refractivity contribution in [1.82, 2.24) is 0 Å². The number of carbonyl (C=O) groups excluding carboxylic acids is 2. The lowest BCUT2D eigenvalue weighted by molar-refractivity contribution is -0.495. The summed E-state index contributed by atoms with van der Waals surface area (Å²) in [6.07, 6.45) is 6.21. The Bertz CT molecular complexity index is 521. The molecule has 4 saturated carbocycles. The summed E-state index contributed by atoms with van der Waals surface area (Å²) in [6.45, 7) is 3.25. The maximum Gasteiger partial charge on any atom is 0.320 e. The summed E-state index contributed by atoms with van der Waals surface area (Å²) in [7, 11) is 0. The van der Waals surface area contributed by atoms with Crippen molar-refractivity contribution in [1.29, 1.82) is 0 Å². The molecule has 0 spiro atoms. The summed E-state index contributed by atoms with van der Waals surface area (Å²) in [5.74, 6) is -1.48. The predicted molar refractivity (Wildman–Crippen MR) is 92.7 cm³/mol. The van der Waals surface area contributed by atoms with Crippen LogP contribution in [0, 0.1) is 45.1 Å². The quantitative estimate of drug-likeness (QED) is 0.283. The van der Waals surface area contributed by atoms with Gasteiger partial charge in [0, 0.05) is 4.92 Å². The van der Waals surface area contributed by atoms with Gasteiger partial charge in [0.25, 0.3) is 0 Å². The van der Waals surface area contributed by atoms with E-state index in [4.69, 9.17) is 9.47 Å². The lowest BCUT2D eigenvalue weighted by Crippen LogP contribution is -2.55. The third-order valence-electron chi connectivity index (χ3n) is 6.70. The maximum atomic E-state index is 12.6. The van der Waals surface area contributed by atoms with Gasteiger partial charge in [0.15, 0.2) is 5.92 Å². The van der Waals surface area contributed by atoms with Crippen LogP contribution in [0.5, 0.6) is 0 Å². The summed E-state index contributed by atoms with van der Waals surface area (Å²) in [4.78, 5) is 36.3. The van der Waals surface area contributed by atoms with Crippen molar-refractivity contribution in [2.75, 3.05) is 19.8 Å². The van der Waals surface area contributed by atoms with E-state index >= 15 is 0 Å². The van der Waals surface area contributed by atoms with Crippen LogP contribution in [0.25, 0.3) is 0 Å². The number of nitro groups is 1. The molecule has 7 nitrogen and oxygen atoms in total. The van der Waals surface area contributed by atoms with Crippen LogP contribution in [0.15, 0.2) is 0 Å². The van der Waals surface area contributed by atoms with Gasteiger partial charge >= 0.3 is 11.9 Å². The largest absolute Gasteiger partial charge is 0.465 e. The van der Waals surface area contributed by atoms with Crippen LogP contribution in [0.3, 0.4) is 0 Å². The van der Waals surface area contributed by atoms with Gasteiger partial charge in [-0.3, -0.25) is 19.7 Å². The lowest BCUT2D eigenvalue weighted by Gasteiger charge is -2.59. The van der Waals surface area contributed by atoms with E-state index in [0.29, 0.717) is 17.8 Å². The first-order valence-corrected chi connectivity index (χ1v) is 9.83. The molecule has 0 N–H and O–H groups in total. The molecule has 0 amide bonds. The monoisotopic (exact) mass is 367 g/mol. The number of hydrogen-bond acceptors (Lipinski definition) is 6. The van der Waals surface area contributed by atoms with Gasteiger partial charge in [-0.1, -0.05) is 0 Å². The van der Waals surface area contributed by atoms with E-state index in [9.17, 15) is 19.7 Å². The van der Waals surface area contributed by atoms with E-state index in [-0.39, 0.29) is 30.1 Å². The normalized spacial score (nSPS) is 33.1. The van der Waals surface area contributed by atoms with E-state index in [0.717, 1.165) is 19.3 Å². The first kappa shape index (κ1) is 19.1. The zero-order chi connectivity index (χ0) is 18.9. The highest BCUT2D eigenvalue weighted by Gasteiger charge is 2.59. The first-order valence-electron chi connectivity index (χ1n) is 9.83. The second-order valence-electron chi connectivity index (χ2n) is 8.38. The standard InChI is InChI=1S/C19H29NO6/c1-3-25-17(21)16(18(22)26-4-2)15(11-20(23)24)19-8-12-5-13(9-19)7-14(6-12)10-19/h12-16H,3-11H2,1-2H3/t12?,13?,14?,15-,19?/m0/s1. The number of rotatable bonds is 8. The Kier molecular flexibility index (Phi) is 5.53. The molecule has 0 aromatic carbocycles. The van der Waals surface area contributed by atoms with E-state index in [2.05, 4.69) is 0 Å². The molecule has 0 unspecified atom stereocenters. The van der Waals surface area contributed by atoms with Crippen LogP contribution in [0.4, 0.5) is 0 Å². The van der Waals surface area contributed by atoms with Crippen molar-refractivity contribution >= 4 is 11.9 Å². The molecule has 26 heavy (non-hydrogen) atoms. The Morgan fingerprint density at radius 3 is 1.77 bits per heavy atom. The molecule has 0 aromatic heterocycles. The fourth-order valence-electron chi connectivity index (χ4n) is 6.33. The number of carbonyl (C=O) groups is 2.